The van der Waals surface area contributed by atoms with Gasteiger partial charge in [-0.05, 0) is 44.1 Å². The van der Waals surface area contributed by atoms with E-state index in [-0.39, 0.29) is 0 Å². The van der Waals surface area contributed by atoms with E-state index in [0.717, 1.165) is 79.8 Å². The van der Waals surface area contributed by atoms with Crippen LogP contribution < -0.4 is 5.32 Å². The number of imidazole rings is 1. The van der Waals surface area contributed by atoms with E-state index in [1.165, 1.54) is 5.82 Å². The van der Waals surface area contributed by atoms with Crippen LogP contribution in [-0.4, -0.2) is 48.8 Å². The maximum atomic E-state index is 6.14. The van der Waals surface area contributed by atoms with Crippen LogP contribution in [0.5, 0.6) is 0 Å². The SMILES string of the molecule is Cn1c(CN2CCC(c3nnc4n3CCNC4)CC2)nc2ccc(Cl)cc21. The Balaban J connectivity index is 1.27. The lowest BCUT2D eigenvalue weighted by Gasteiger charge is -2.31. The zero-order valence-corrected chi connectivity index (χ0v) is 16.3. The highest BCUT2D eigenvalue weighted by Gasteiger charge is 2.27. The standard InChI is InChI=1S/C19H24ClN7/c1-25-16-10-14(20)2-3-15(16)22-18(25)12-26-7-4-13(5-8-26)19-24-23-17-11-21-6-9-27(17)19/h2-3,10,13,21H,4-9,11-12H2,1H3. The Morgan fingerprint density at radius 2 is 2.04 bits per heavy atom. The van der Waals surface area contributed by atoms with E-state index < -0.39 is 0 Å². The number of likely N-dealkylation sites (tertiary alicyclic amines) is 1. The maximum Gasteiger partial charge on any atom is 0.147 e. The van der Waals surface area contributed by atoms with E-state index in [4.69, 9.17) is 16.6 Å². The van der Waals surface area contributed by atoms with Gasteiger partial charge in [-0.15, -0.1) is 10.2 Å². The zero-order valence-electron chi connectivity index (χ0n) is 15.5. The van der Waals surface area contributed by atoms with E-state index in [2.05, 4.69) is 36.6 Å². The first-order chi connectivity index (χ1) is 13.2. The molecule has 4 heterocycles. The highest BCUT2D eigenvalue weighted by molar-refractivity contribution is 6.31. The molecule has 0 aliphatic carbocycles. The average Bonchev–Trinajstić information content (AvgIpc) is 3.25. The Kier molecular flexibility index (Phi) is 4.38. The zero-order chi connectivity index (χ0) is 18.4. The molecule has 2 aromatic heterocycles. The number of halogens is 1. The van der Waals surface area contributed by atoms with Gasteiger partial charge in [-0.3, -0.25) is 4.90 Å². The molecule has 0 unspecified atom stereocenters. The van der Waals surface area contributed by atoms with Gasteiger partial charge in [0, 0.05) is 31.1 Å². The van der Waals surface area contributed by atoms with Crippen LogP contribution in [0, 0.1) is 0 Å². The fourth-order valence-electron chi connectivity index (χ4n) is 4.32. The van der Waals surface area contributed by atoms with E-state index in [0.29, 0.717) is 5.92 Å². The third kappa shape index (κ3) is 3.13. The van der Waals surface area contributed by atoms with Gasteiger partial charge in [0.2, 0.25) is 0 Å². The van der Waals surface area contributed by atoms with Gasteiger partial charge in [0.25, 0.3) is 0 Å². The lowest BCUT2D eigenvalue weighted by molar-refractivity contribution is 0.194. The van der Waals surface area contributed by atoms with Crippen molar-refractivity contribution in [1.29, 1.82) is 0 Å². The molecule has 142 valence electrons. The molecule has 7 nitrogen and oxygen atoms in total. The summed E-state index contributed by atoms with van der Waals surface area (Å²) < 4.78 is 4.49. The number of piperidine rings is 1. The number of hydrogen-bond donors (Lipinski definition) is 1. The molecule has 0 atom stereocenters. The molecule has 5 rings (SSSR count). The molecular weight excluding hydrogens is 362 g/mol. The first kappa shape index (κ1) is 17.2. The van der Waals surface area contributed by atoms with Gasteiger partial charge in [0.1, 0.15) is 17.5 Å². The van der Waals surface area contributed by atoms with Crippen LogP contribution in [0.4, 0.5) is 0 Å². The van der Waals surface area contributed by atoms with Crippen molar-refractivity contribution in [3.8, 4) is 0 Å². The maximum absolute atomic E-state index is 6.14. The van der Waals surface area contributed by atoms with Gasteiger partial charge in [0.15, 0.2) is 0 Å². The molecular formula is C19H24ClN7. The second kappa shape index (κ2) is 6.89. The van der Waals surface area contributed by atoms with Gasteiger partial charge in [0.05, 0.1) is 24.1 Å². The topological polar surface area (TPSA) is 63.8 Å². The molecule has 8 heteroatoms. The molecule has 2 aliphatic heterocycles. The average molecular weight is 386 g/mol. The van der Waals surface area contributed by atoms with Crippen molar-refractivity contribution in [3.63, 3.8) is 0 Å². The van der Waals surface area contributed by atoms with Crippen LogP contribution in [0.3, 0.4) is 0 Å². The summed E-state index contributed by atoms with van der Waals surface area (Å²) in [4.78, 5) is 7.30. The molecule has 0 spiro atoms. The summed E-state index contributed by atoms with van der Waals surface area (Å²) in [6.45, 7) is 5.83. The number of aryl methyl sites for hydroxylation is 1. The summed E-state index contributed by atoms with van der Waals surface area (Å²) in [7, 11) is 2.07. The van der Waals surface area contributed by atoms with E-state index >= 15 is 0 Å². The number of nitrogens with one attached hydrogen (secondary N) is 1. The van der Waals surface area contributed by atoms with Crippen molar-refractivity contribution in [1.82, 2.24) is 34.5 Å². The summed E-state index contributed by atoms with van der Waals surface area (Å²) in [6.07, 6.45) is 2.25. The minimum absolute atomic E-state index is 0.514. The summed E-state index contributed by atoms with van der Waals surface area (Å²) in [5.74, 6) is 3.87. The number of nitrogens with zero attached hydrogens (tertiary/aromatic N) is 6. The first-order valence-corrected chi connectivity index (χ1v) is 10.0. The molecule has 0 bridgehead atoms. The third-order valence-electron chi connectivity index (χ3n) is 5.90. The van der Waals surface area contributed by atoms with E-state index in [9.17, 15) is 0 Å². The van der Waals surface area contributed by atoms with Gasteiger partial charge < -0.3 is 14.5 Å². The Morgan fingerprint density at radius 1 is 1.19 bits per heavy atom. The van der Waals surface area contributed by atoms with Gasteiger partial charge in [-0.25, -0.2) is 4.98 Å². The Morgan fingerprint density at radius 3 is 2.89 bits per heavy atom. The Labute approximate surface area is 163 Å². The minimum Gasteiger partial charge on any atom is -0.330 e. The van der Waals surface area contributed by atoms with Crippen molar-refractivity contribution in [2.75, 3.05) is 19.6 Å². The molecule has 1 saturated heterocycles. The van der Waals surface area contributed by atoms with Crippen LogP contribution in [-0.2, 0) is 26.7 Å². The lowest BCUT2D eigenvalue weighted by atomic mass is 9.95. The number of rotatable bonds is 3. The van der Waals surface area contributed by atoms with E-state index in [1.54, 1.807) is 0 Å². The lowest BCUT2D eigenvalue weighted by Crippen LogP contribution is -2.35. The predicted molar refractivity (Wildman–Crippen MR) is 105 cm³/mol. The van der Waals surface area contributed by atoms with Gasteiger partial charge in [-0.2, -0.15) is 0 Å². The molecule has 3 aromatic rings. The van der Waals surface area contributed by atoms with E-state index in [1.807, 2.05) is 18.2 Å². The van der Waals surface area contributed by atoms with Crippen molar-refractivity contribution >= 4 is 22.6 Å². The molecule has 0 saturated carbocycles. The van der Waals surface area contributed by atoms with Crippen LogP contribution in [0.1, 0.15) is 36.2 Å². The van der Waals surface area contributed by atoms with Crippen molar-refractivity contribution < 1.29 is 0 Å². The van der Waals surface area contributed by atoms with Crippen LogP contribution in [0.15, 0.2) is 18.2 Å². The largest absolute Gasteiger partial charge is 0.330 e. The normalized spacial score (nSPS) is 18.9. The molecule has 1 aromatic carbocycles. The van der Waals surface area contributed by atoms with Crippen LogP contribution in [0.25, 0.3) is 11.0 Å². The minimum atomic E-state index is 0.514. The third-order valence-corrected chi connectivity index (χ3v) is 6.14. The number of benzene rings is 1. The quantitative estimate of drug-likeness (QED) is 0.749. The van der Waals surface area contributed by atoms with Crippen molar-refractivity contribution in [2.45, 2.75) is 38.4 Å². The molecule has 1 N–H and O–H groups in total. The van der Waals surface area contributed by atoms with Gasteiger partial charge in [-0.1, -0.05) is 11.6 Å². The molecule has 1 fully saturated rings. The fourth-order valence-corrected chi connectivity index (χ4v) is 4.49. The summed E-state index contributed by atoms with van der Waals surface area (Å²) in [6, 6.07) is 5.89. The Hall–Kier alpha value is -1.96. The molecule has 0 radical (unpaired) electrons. The highest BCUT2D eigenvalue weighted by atomic mass is 35.5. The predicted octanol–water partition coefficient (Wildman–Crippen LogP) is 2.30. The Bertz CT molecular complexity index is 968. The summed E-state index contributed by atoms with van der Waals surface area (Å²) in [5, 5.41) is 13.0. The van der Waals surface area contributed by atoms with Gasteiger partial charge >= 0.3 is 0 Å². The highest BCUT2D eigenvalue weighted by Crippen LogP contribution is 2.29. The first-order valence-electron chi connectivity index (χ1n) is 9.65. The molecule has 27 heavy (non-hydrogen) atoms. The number of fused-ring (bicyclic) bond motifs is 2. The summed E-state index contributed by atoms with van der Waals surface area (Å²) in [5.41, 5.74) is 2.10. The number of aromatic nitrogens is 5. The second-order valence-electron chi connectivity index (χ2n) is 7.57. The smallest absolute Gasteiger partial charge is 0.147 e. The summed E-state index contributed by atoms with van der Waals surface area (Å²) >= 11 is 6.14. The van der Waals surface area contributed by atoms with Crippen LogP contribution in [0.2, 0.25) is 5.02 Å². The number of hydrogen-bond acceptors (Lipinski definition) is 5. The second-order valence-corrected chi connectivity index (χ2v) is 8.01. The van der Waals surface area contributed by atoms with Crippen molar-refractivity contribution in [3.05, 3.63) is 40.7 Å². The molecule has 0 amide bonds. The monoisotopic (exact) mass is 385 g/mol. The van der Waals surface area contributed by atoms with Crippen molar-refractivity contribution in [2.24, 2.45) is 7.05 Å². The van der Waals surface area contributed by atoms with Crippen LogP contribution >= 0.6 is 11.6 Å². The molecule has 2 aliphatic rings. The fraction of sp³-hybridized carbons (Fsp3) is 0.526.